The number of aryl methyl sites for hydroxylation is 6. The predicted molar refractivity (Wildman–Crippen MR) is 362 cm³/mol. The van der Waals surface area contributed by atoms with Crippen LogP contribution in [0.5, 0.6) is 0 Å². The van der Waals surface area contributed by atoms with Gasteiger partial charge in [0.15, 0.2) is 34.9 Å². The van der Waals surface area contributed by atoms with Crippen molar-refractivity contribution in [2.45, 2.75) is 41.5 Å². The monoisotopic (exact) mass is 1170 g/mol. The first-order chi connectivity index (χ1) is 44.0. The van der Waals surface area contributed by atoms with Crippen LogP contribution < -0.4 is 0 Å². The average Bonchev–Trinajstić information content (AvgIpc) is 1.39. The lowest BCUT2D eigenvalue weighted by atomic mass is 10.0. The highest BCUT2D eigenvalue weighted by Gasteiger charge is 2.13. The summed E-state index contributed by atoms with van der Waals surface area (Å²) in [5, 5.41) is 0. The molecule has 12 heteroatoms. The minimum atomic E-state index is 0.686. The highest BCUT2D eigenvalue weighted by Crippen LogP contribution is 2.30. The zero-order valence-electron chi connectivity index (χ0n) is 50.9. The third kappa shape index (κ3) is 16.0. The minimum absolute atomic E-state index is 0.686. The molecule has 0 aliphatic heterocycles. The molecule has 12 nitrogen and oxygen atoms in total. The van der Waals surface area contributed by atoms with Crippen molar-refractivity contribution in [3.63, 3.8) is 0 Å². The lowest BCUT2D eigenvalue weighted by Crippen LogP contribution is -1.99. The Morgan fingerprint density at radius 1 is 0.133 bits per heavy atom. The SMILES string of the molecule is Cc1nc(-c2ccc(-c3ccccc3)cc2)nc(-c2ccc(-c3ccccc3)cc2)n1.Cc1nc(-c2cccc(-c3ccccc3)c2)nc(-c2cccc(-c3ccccc3)c2)n1.Cc1nc(-c2ccccc2)nc(-c2ccccc2)n1.Cc1nc(C)nc(C)n1. The van der Waals surface area contributed by atoms with Gasteiger partial charge in [0.25, 0.3) is 0 Å². The largest absolute Gasteiger partial charge is 0.219 e. The van der Waals surface area contributed by atoms with Crippen LogP contribution in [0.15, 0.2) is 279 Å². The van der Waals surface area contributed by atoms with Gasteiger partial charge in [-0.15, -0.1) is 0 Å². The zero-order valence-corrected chi connectivity index (χ0v) is 50.9. The number of aromatic nitrogens is 12. The molecule has 0 bridgehead atoms. The van der Waals surface area contributed by atoms with Crippen molar-refractivity contribution in [2.24, 2.45) is 0 Å². The molecule has 0 radical (unpaired) electrons. The maximum absolute atomic E-state index is 4.82. The molecular formula is C78H64N12. The Morgan fingerprint density at radius 2 is 0.300 bits per heavy atom. The van der Waals surface area contributed by atoms with Crippen molar-refractivity contribution < 1.29 is 0 Å². The molecule has 14 rings (SSSR count). The van der Waals surface area contributed by atoms with Crippen molar-refractivity contribution in [3.8, 4) is 113 Å². The topological polar surface area (TPSA) is 155 Å². The molecule has 4 aromatic heterocycles. The highest BCUT2D eigenvalue weighted by molar-refractivity contribution is 5.74. The third-order valence-corrected chi connectivity index (χ3v) is 14.2. The molecule has 0 amide bonds. The summed E-state index contributed by atoms with van der Waals surface area (Å²) in [6.07, 6.45) is 0. The molecule has 0 spiro atoms. The maximum atomic E-state index is 4.82. The molecule has 0 aliphatic rings. The predicted octanol–water partition coefficient (Wildman–Crippen LogP) is 18.0. The molecule has 90 heavy (non-hydrogen) atoms. The van der Waals surface area contributed by atoms with E-state index in [1.165, 1.54) is 33.4 Å². The van der Waals surface area contributed by atoms with E-state index >= 15 is 0 Å². The lowest BCUT2D eigenvalue weighted by molar-refractivity contribution is 0.875. The maximum Gasteiger partial charge on any atom is 0.163 e. The molecule has 0 fully saturated rings. The van der Waals surface area contributed by atoms with Gasteiger partial charge in [0.05, 0.1) is 0 Å². The number of nitrogens with zero attached hydrogens (tertiary/aromatic N) is 12. The summed E-state index contributed by atoms with van der Waals surface area (Å²) in [5.41, 5.74) is 15.3. The van der Waals surface area contributed by atoms with Gasteiger partial charge in [-0.05, 0) is 98.2 Å². The number of hydrogen-bond donors (Lipinski definition) is 0. The van der Waals surface area contributed by atoms with Crippen LogP contribution in [-0.4, -0.2) is 59.8 Å². The first-order valence-corrected chi connectivity index (χ1v) is 29.6. The van der Waals surface area contributed by atoms with Crippen LogP contribution in [0.4, 0.5) is 0 Å². The second kappa shape index (κ2) is 29.1. The van der Waals surface area contributed by atoms with Crippen molar-refractivity contribution in [2.75, 3.05) is 0 Å². The van der Waals surface area contributed by atoms with Gasteiger partial charge >= 0.3 is 0 Å². The van der Waals surface area contributed by atoms with E-state index in [0.717, 1.165) is 67.8 Å². The molecule has 10 aromatic carbocycles. The van der Waals surface area contributed by atoms with Crippen molar-refractivity contribution in [1.29, 1.82) is 0 Å². The minimum Gasteiger partial charge on any atom is -0.219 e. The van der Waals surface area contributed by atoms with E-state index in [-0.39, 0.29) is 0 Å². The molecule has 0 unspecified atom stereocenters. The third-order valence-electron chi connectivity index (χ3n) is 14.2. The molecule has 436 valence electrons. The van der Waals surface area contributed by atoms with Crippen LogP contribution in [-0.2, 0) is 0 Å². The summed E-state index contributed by atoms with van der Waals surface area (Å²) in [5.74, 6) is 8.69. The van der Waals surface area contributed by atoms with Crippen LogP contribution in [0.3, 0.4) is 0 Å². The van der Waals surface area contributed by atoms with Crippen molar-refractivity contribution >= 4 is 0 Å². The van der Waals surface area contributed by atoms with E-state index in [1.54, 1.807) is 0 Å². The fourth-order valence-electron chi connectivity index (χ4n) is 9.99. The molecule has 0 aliphatic carbocycles. The Kier molecular flexibility index (Phi) is 19.4. The summed E-state index contributed by atoms with van der Waals surface area (Å²) in [4.78, 5) is 53.4. The Labute approximate surface area is 525 Å². The fourth-order valence-corrected chi connectivity index (χ4v) is 9.99. The molecule has 0 saturated carbocycles. The van der Waals surface area contributed by atoms with Gasteiger partial charge in [0.1, 0.15) is 34.9 Å². The van der Waals surface area contributed by atoms with Gasteiger partial charge < -0.3 is 0 Å². The van der Waals surface area contributed by atoms with Gasteiger partial charge in [-0.3, -0.25) is 0 Å². The first-order valence-electron chi connectivity index (χ1n) is 29.6. The van der Waals surface area contributed by atoms with E-state index in [4.69, 9.17) is 9.97 Å². The lowest BCUT2D eigenvalue weighted by Gasteiger charge is -2.09. The van der Waals surface area contributed by atoms with E-state index in [2.05, 4.69) is 171 Å². The fraction of sp³-hybridized carbons (Fsp3) is 0.0769. The van der Waals surface area contributed by atoms with E-state index < -0.39 is 0 Å². The smallest absolute Gasteiger partial charge is 0.163 e. The van der Waals surface area contributed by atoms with Gasteiger partial charge in [0, 0.05) is 33.4 Å². The Bertz CT molecular complexity index is 4310. The molecular weight excluding hydrogens is 1100 g/mol. The molecule has 4 heterocycles. The number of benzene rings is 10. The number of rotatable bonds is 10. The highest BCUT2D eigenvalue weighted by atomic mass is 15.0. The second-order valence-electron chi connectivity index (χ2n) is 21.1. The van der Waals surface area contributed by atoms with Gasteiger partial charge in [-0.25, -0.2) is 59.8 Å². The van der Waals surface area contributed by atoms with Crippen LogP contribution in [0.25, 0.3) is 113 Å². The zero-order chi connectivity index (χ0) is 62.0. The van der Waals surface area contributed by atoms with E-state index in [1.807, 2.05) is 199 Å². The van der Waals surface area contributed by atoms with Crippen molar-refractivity contribution in [1.82, 2.24) is 59.8 Å². The standard InChI is InChI=1S/2C28H21N3.C16H13N3.C6H9N3/c1-20-29-27(25-16-8-14-23(18-25)21-10-4-2-5-11-21)31-28(30-20)26-17-9-15-24(19-26)22-12-6-3-7-13-22;1-20-29-27(25-16-12-23(13-17-25)21-8-4-2-5-9-21)31-28(30-20)26-18-14-24(15-19-26)22-10-6-3-7-11-22;1-12-17-15(13-8-4-2-5-9-13)19-16(18-12)14-10-6-3-7-11-14;1-4-7-5(2)9-6(3)8-4/h2*2-19H,1H3;2-11H,1H3;1-3H3. The van der Waals surface area contributed by atoms with Crippen molar-refractivity contribution in [3.05, 3.63) is 314 Å². The molecule has 0 N–H and O–H groups in total. The Morgan fingerprint density at radius 3 is 0.567 bits per heavy atom. The summed E-state index contributed by atoms with van der Waals surface area (Å²) in [6.45, 7) is 11.3. The summed E-state index contributed by atoms with van der Waals surface area (Å²) >= 11 is 0. The first kappa shape index (κ1) is 59.9. The summed E-state index contributed by atoms with van der Waals surface area (Å²) in [7, 11) is 0. The number of hydrogen-bond acceptors (Lipinski definition) is 12. The molecule has 0 atom stereocenters. The quantitative estimate of drug-likeness (QED) is 0.128. The van der Waals surface area contributed by atoms with Gasteiger partial charge in [-0.1, -0.05) is 267 Å². The van der Waals surface area contributed by atoms with Crippen LogP contribution in [0.2, 0.25) is 0 Å². The van der Waals surface area contributed by atoms with Crippen LogP contribution in [0.1, 0.15) is 34.9 Å². The Hall–Kier alpha value is -11.8. The van der Waals surface area contributed by atoms with Gasteiger partial charge in [0.2, 0.25) is 0 Å². The second-order valence-corrected chi connectivity index (χ2v) is 21.1. The summed E-state index contributed by atoms with van der Waals surface area (Å²) in [6, 6.07) is 94.7. The molecule has 0 saturated heterocycles. The average molecular weight is 1170 g/mol. The van der Waals surface area contributed by atoms with Gasteiger partial charge in [-0.2, -0.15) is 0 Å². The van der Waals surface area contributed by atoms with Crippen LogP contribution >= 0.6 is 0 Å². The summed E-state index contributed by atoms with van der Waals surface area (Å²) < 4.78 is 0. The van der Waals surface area contributed by atoms with E-state index in [9.17, 15) is 0 Å². The van der Waals surface area contributed by atoms with Crippen LogP contribution in [0, 0.1) is 41.5 Å². The Balaban J connectivity index is 0.000000133. The van der Waals surface area contributed by atoms with E-state index in [0.29, 0.717) is 46.6 Å². The molecule has 14 aromatic rings. The normalized spacial score (nSPS) is 10.6.